The summed E-state index contributed by atoms with van der Waals surface area (Å²) in [5.74, 6) is -2.62. The van der Waals surface area contributed by atoms with E-state index in [1.54, 1.807) is 46.8 Å². The first-order valence-corrected chi connectivity index (χ1v) is 13.9. The van der Waals surface area contributed by atoms with Gasteiger partial charge >= 0.3 is 5.97 Å². The number of nitrogens with one attached hydrogen (secondary N) is 3. The fraction of sp³-hybridized carbons (Fsp3) is 0.500. The Balaban J connectivity index is 1.66. The lowest BCUT2D eigenvalue weighted by molar-refractivity contribution is -0.148. The lowest BCUT2D eigenvalue weighted by Crippen LogP contribution is -2.61. The van der Waals surface area contributed by atoms with Gasteiger partial charge in [0.25, 0.3) is 5.91 Å². The summed E-state index contributed by atoms with van der Waals surface area (Å²) in [6.45, 7) is 10.6. The molecular formula is C30H41N5O6. The zero-order chi connectivity index (χ0) is 30.5. The number of rotatable bonds is 10. The summed E-state index contributed by atoms with van der Waals surface area (Å²) in [5, 5.41) is 26.8. The van der Waals surface area contributed by atoms with Crippen molar-refractivity contribution in [2.75, 3.05) is 6.54 Å². The number of amides is 3. The Labute approximate surface area is 240 Å². The average molecular weight is 568 g/mol. The van der Waals surface area contributed by atoms with E-state index in [4.69, 9.17) is 0 Å². The highest BCUT2D eigenvalue weighted by Gasteiger charge is 2.34. The molecule has 0 saturated carbocycles. The molecular weight excluding hydrogens is 526 g/mol. The third-order valence-corrected chi connectivity index (χ3v) is 7.16. The number of aliphatic hydroxyl groups excluding tert-OH is 1. The molecule has 1 aromatic carbocycles. The first kappa shape index (κ1) is 31.7. The number of hydrazine groups is 1. The minimum absolute atomic E-state index is 0.264. The predicted molar refractivity (Wildman–Crippen MR) is 155 cm³/mol. The van der Waals surface area contributed by atoms with E-state index in [0.29, 0.717) is 25.1 Å². The van der Waals surface area contributed by atoms with Gasteiger partial charge in [-0.15, -0.1) is 0 Å². The van der Waals surface area contributed by atoms with E-state index in [9.17, 15) is 29.4 Å². The summed E-state index contributed by atoms with van der Waals surface area (Å²) < 4.78 is 0. The van der Waals surface area contributed by atoms with E-state index in [-0.39, 0.29) is 11.8 Å². The number of aromatic nitrogens is 1. The molecule has 222 valence electrons. The van der Waals surface area contributed by atoms with Crippen molar-refractivity contribution >= 4 is 40.7 Å². The monoisotopic (exact) mass is 567 g/mol. The lowest BCUT2D eigenvalue weighted by Gasteiger charge is -2.34. The molecule has 1 saturated heterocycles. The molecule has 41 heavy (non-hydrogen) atoms. The SMILES string of the molecule is CC(NC(=O)C(NC(=O)C(C)(C)C=Cc1ccc2ccc(C(C)O)nc2c1)C(C)C)C(=O)N1CCCC(C(=O)O)N1. The molecule has 11 heteroatoms. The van der Waals surface area contributed by atoms with E-state index in [2.05, 4.69) is 21.0 Å². The largest absolute Gasteiger partial charge is 0.480 e. The molecule has 0 bridgehead atoms. The van der Waals surface area contributed by atoms with Crippen molar-refractivity contribution in [3.8, 4) is 0 Å². The van der Waals surface area contributed by atoms with Gasteiger partial charge in [-0.2, -0.15) is 0 Å². The zero-order valence-electron chi connectivity index (χ0n) is 24.5. The number of carbonyl (C=O) groups is 4. The zero-order valence-corrected chi connectivity index (χ0v) is 24.5. The van der Waals surface area contributed by atoms with E-state index in [0.717, 1.165) is 16.5 Å². The molecule has 1 aliphatic heterocycles. The summed E-state index contributed by atoms with van der Waals surface area (Å²) in [6, 6.07) is 6.72. The number of pyridine rings is 1. The second-order valence-corrected chi connectivity index (χ2v) is 11.5. The van der Waals surface area contributed by atoms with Crippen LogP contribution in [0.3, 0.4) is 0 Å². The van der Waals surface area contributed by atoms with Gasteiger partial charge < -0.3 is 20.8 Å². The molecule has 4 unspecified atom stereocenters. The first-order valence-electron chi connectivity index (χ1n) is 13.9. The molecule has 1 aliphatic rings. The van der Waals surface area contributed by atoms with E-state index >= 15 is 0 Å². The Hall–Kier alpha value is -3.83. The average Bonchev–Trinajstić information content (AvgIpc) is 2.93. The van der Waals surface area contributed by atoms with Crippen molar-refractivity contribution in [3.63, 3.8) is 0 Å². The van der Waals surface area contributed by atoms with Crippen LogP contribution in [-0.4, -0.2) is 68.6 Å². The van der Waals surface area contributed by atoms with Crippen LogP contribution in [0.25, 0.3) is 17.0 Å². The van der Waals surface area contributed by atoms with Crippen LogP contribution in [-0.2, 0) is 19.2 Å². The Kier molecular flexibility index (Phi) is 10.2. The Bertz CT molecular complexity index is 1320. The normalized spacial score (nSPS) is 18.2. The first-order chi connectivity index (χ1) is 19.2. The van der Waals surface area contributed by atoms with Crippen molar-refractivity contribution in [1.29, 1.82) is 0 Å². The van der Waals surface area contributed by atoms with Crippen molar-refractivity contribution in [2.45, 2.75) is 78.6 Å². The van der Waals surface area contributed by atoms with Crippen molar-refractivity contribution in [3.05, 3.63) is 47.7 Å². The smallest absolute Gasteiger partial charge is 0.322 e. The molecule has 2 aromatic rings. The standard InChI is InChI=1S/C30H41N5O6/c1-17(2)25(26(37)31-18(3)27(38)35-15-7-8-23(34-35)28(39)40)33-29(41)30(5,6)14-13-20-9-10-21-11-12-22(19(4)36)32-24(21)16-20/h9-14,16-19,23,25,34,36H,7-8,15H2,1-6H3,(H,31,37)(H,33,41)(H,39,40). The quantitative estimate of drug-likeness (QED) is 0.293. The van der Waals surface area contributed by atoms with Gasteiger partial charge in [-0.1, -0.05) is 44.2 Å². The van der Waals surface area contributed by atoms with Gasteiger partial charge in [0.05, 0.1) is 22.7 Å². The van der Waals surface area contributed by atoms with Crippen molar-refractivity contribution in [2.24, 2.45) is 11.3 Å². The molecule has 0 radical (unpaired) electrons. The maximum atomic E-state index is 13.3. The number of carboxylic acid groups (broad SMARTS) is 1. The maximum absolute atomic E-state index is 13.3. The van der Waals surface area contributed by atoms with Gasteiger partial charge in [0.1, 0.15) is 18.1 Å². The van der Waals surface area contributed by atoms with Gasteiger partial charge in [-0.05, 0) is 64.2 Å². The van der Waals surface area contributed by atoms with Gasteiger partial charge in [0.15, 0.2) is 0 Å². The topological polar surface area (TPSA) is 161 Å². The van der Waals surface area contributed by atoms with Crippen LogP contribution in [0.15, 0.2) is 36.4 Å². The highest BCUT2D eigenvalue weighted by atomic mass is 16.4. The second kappa shape index (κ2) is 13.2. The summed E-state index contributed by atoms with van der Waals surface area (Å²) in [4.78, 5) is 55.1. The molecule has 3 amide bonds. The fourth-order valence-corrected chi connectivity index (χ4v) is 4.45. The van der Waals surface area contributed by atoms with Crippen LogP contribution >= 0.6 is 0 Å². The van der Waals surface area contributed by atoms with E-state index < -0.39 is 47.4 Å². The Morgan fingerprint density at radius 1 is 1.10 bits per heavy atom. The molecule has 4 atom stereocenters. The van der Waals surface area contributed by atoms with Gasteiger partial charge in [0, 0.05) is 11.9 Å². The number of fused-ring (bicyclic) bond motifs is 1. The highest BCUT2D eigenvalue weighted by Crippen LogP contribution is 2.23. The van der Waals surface area contributed by atoms with Crippen molar-refractivity contribution < 1.29 is 29.4 Å². The minimum atomic E-state index is -1.04. The third-order valence-electron chi connectivity index (χ3n) is 7.16. The number of carboxylic acids is 1. The molecule has 1 fully saturated rings. The maximum Gasteiger partial charge on any atom is 0.322 e. The third kappa shape index (κ3) is 8.11. The van der Waals surface area contributed by atoms with Crippen LogP contribution in [0.4, 0.5) is 0 Å². The second-order valence-electron chi connectivity index (χ2n) is 11.5. The number of nitrogens with zero attached hydrogens (tertiary/aromatic N) is 2. The summed E-state index contributed by atoms with van der Waals surface area (Å²) >= 11 is 0. The highest BCUT2D eigenvalue weighted by molar-refractivity contribution is 5.94. The molecule has 2 heterocycles. The number of carbonyl (C=O) groups excluding carboxylic acids is 3. The summed E-state index contributed by atoms with van der Waals surface area (Å²) in [6.07, 6.45) is 3.83. The summed E-state index contributed by atoms with van der Waals surface area (Å²) in [5.41, 5.74) is 3.86. The fourth-order valence-electron chi connectivity index (χ4n) is 4.45. The van der Waals surface area contributed by atoms with E-state index in [1.165, 1.54) is 11.9 Å². The number of benzene rings is 1. The number of aliphatic carboxylic acids is 1. The number of hydrogen-bond donors (Lipinski definition) is 5. The van der Waals surface area contributed by atoms with Crippen LogP contribution in [0.5, 0.6) is 0 Å². The molecule has 11 nitrogen and oxygen atoms in total. The van der Waals surface area contributed by atoms with E-state index in [1.807, 2.05) is 30.3 Å². The molecule has 3 rings (SSSR count). The lowest BCUT2D eigenvalue weighted by atomic mass is 9.89. The Morgan fingerprint density at radius 2 is 1.78 bits per heavy atom. The minimum Gasteiger partial charge on any atom is -0.480 e. The van der Waals surface area contributed by atoms with Crippen LogP contribution in [0.1, 0.15) is 71.7 Å². The molecule has 1 aromatic heterocycles. The summed E-state index contributed by atoms with van der Waals surface area (Å²) in [7, 11) is 0. The van der Waals surface area contributed by atoms with Crippen molar-refractivity contribution in [1.82, 2.24) is 26.1 Å². The van der Waals surface area contributed by atoms with Gasteiger partial charge in [-0.3, -0.25) is 29.2 Å². The number of hydrogen-bond acceptors (Lipinski definition) is 7. The Morgan fingerprint density at radius 3 is 2.41 bits per heavy atom. The van der Waals surface area contributed by atoms with Crippen LogP contribution < -0.4 is 16.1 Å². The molecule has 5 N–H and O–H groups in total. The number of aliphatic hydroxyl groups is 1. The molecule has 0 aliphatic carbocycles. The van der Waals surface area contributed by atoms with Crippen LogP contribution in [0.2, 0.25) is 0 Å². The molecule has 0 spiro atoms. The van der Waals surface area contributed by atoms with Crippen LogP contribution in [0, 0.1) is 11.3 Å². The van der Waals surface area contributed by atoms with Gasteiger partial charge in [0.2, 0.25) is 11.8 Å². The van der Waals surface area contributed by atoms with Gasteiger partial charge in [-0.25, -0.2) is 5.43 Å². The predicted octanol–water partition coefficient (Wildman–Crippen LogP) is 2.55.